The Labute approximate surface area is 126 Å². The highest BCUT2D eigenvalue weighted by Gasteiger charge is 2.24. The van der Waals surface area contributed by atoms with Crippen molar-refractivity contribution in [1.29, 1.82) is 0 Å². The van der Waals surface area contributed by atoms with Crippen LogP contribution in [0.1, 0.15) is 19.4 Å². The Hall–Kier alpha value is -1.75. The van der Waals surface area contributed by atoms with Gasteiger partial charge in [0.05, 0.1) is 26.4 Å². The van der Waals surface area contributed by atoms with Gasteiger partial charge >= 0.3 is 6.03 Å². The first-order valence-electron chi connectivity index (χ1n) is 7.38. The van der Waals surface area contributed by atoms with Crippen molar-refractivity contribution in [3.05, 3.63) is 29.8 Å². The van der Waals surface area contributed by atoms with Crippen molar-refractivity contribution >= 4 is 6.03 Å². The summed E-state index contributed by atoms with van der Waals surface area (Å²) < 4.78 is 10.6. The second-order valence-corrected chi connectivity index (χ2v) is 5.52. The Bertz CT molecular complexity index is 478. The zero-order chi connectivity index (χ0) is 15.2. The number of morpholine rings is 1. The summed E-state index contributed by atoms with van der Waals surface area (Å²) in [7, 11) is 1.66. The van der Waals surface area contributed by atoms with Crippen LogP contribution in [0, 0.1) is 0 Å². The number of nitrogens with zero attached hydrogens (tertiary/aromatic N) is 1. The van der Waals surface area contributed by atoms with Gasteiger partial charge in [0.25, 0.3) is 0 Å². The van der Waals surface area contributed by atoms with Crippen molar-refractivity contribution in [2.75, 3.05) is 26.9 Å². The third-order valence-electron chi connectivity index (χ3n) is 3.67. The molecule has 1 saturated heterocycles. The van der Waals surface area contributed by atoms with Gasteiger partial charge in [0.15, 0.2) is 0 Å². The van der Waals surface area contributed by atoms with Crippen LogP contribution in [0.5, 0.6) is 5.75 Å². The molecule has 1 N–H and O–H groups in total. The van der Waals surface area contributed by atoms with E-state index in [2.05, 4.69) is 5.32 Å². The largest absolute Gasteiger partial charge is 0.497 e. The van der Waals surface area contributed by atoms with E-state index in [-0.39, 0.29) is 18.1 Å². The average molecular weight is 292 g/mol. The lowest BCUT2D eigenvalue weighted by atomic mass is 10.1. The first-order chi connectivity index (χ1) is 10.1. The molecule has 2 atom stereocenters. The van der Waals surface area contributed by atoms with Gasteiger partial charge in [-0.1, -0.05) is 12.1 Å². The molecule has 5 nitrogen and oxygen atoms in total. The van der Waals surface area contributed by atoms with E-state index in [4.69, 9.17) is 9.47 Å². The van der Waals surface area contributed by atoms with Gasteiger partial charge in [-0.25, -0.2) is 4.79 Å². The van der Waals surface area contributed by atoms with Gasteiger partial charge in [-0.3, -0.25) is 0 Å². The zero-order valence-electron chi connectivity index (χ0n) is 13.0. The Morgan fingerprint density at radius 3 is 3.10 bits per heavy atom. The maximum absolute atomic E-state index is 12.3. The molecule has 2 rings (SSSR count). The summed E-state index contributed by atoms with van der Waals surface area (Å²) in [4.78, 5) is 14.1. The van der Waals surface area contributed by atoms with E-state index in [1.807, 2.05) is 43.0 Å². The van der Waals surface area contributed by atoms with E-state index < -0.39 is 0 Å². The highest BCUT2D eigenvalue weighted by atomic mass is 16.5. The van der Waals surface area contributed by atoms with Gasteiger partial charge in [-0.05, 0) is 38.0 Å². The van der Waals surface area contributed by atoms with Crippen molar-refractivity contribution in [1.82, 2.24) is 10.2 Å². The molecule has 2 amide bonds. The maximum atomic E-state index is 12.3. The Morgan fingerprint density at radius 2 is 2.38 bits per heavy atom. The smallest absolute Gasteiger partial charge is 0.318 e. The van der Waals surface area contributed by atoms with E-state index in [1.165, 1.54) is 0 Å². The number of rotatable bonds is 4. The Morgan fingerprint density at radius 1 is 1.57 bits per heavy atom. The normalized spacial score (nSPS) is 20.0. The first-order valence-corrected chi connectivity index (χ1v) is 7.38. The van der Waals surface area contributed by atoms with Crippen molar-refractivity contribution in [2.24, 2.45) is 0 Å². The van der Waals surface area contributed by atoms with Crippen LogP contribution < -0.4 is 10.1 Å². The number of benzene rings is 1. The molecule has 0 aliphatic carbocycles. The number of hydrogen-bond donors (Lipinski definition) is 1. The van der Waals surface area contributed by atoms with Gasteiger partial charge in [0.2, 0.25) is 0 Å². The molecule has 0 unspecified atom stereocenters. The number of urea groups is 1. The minimum Gasteiger partial charge on any atom is -0.497 e. The summed E-state index contributed by atoms with van der Waals surface area (Å²) in [6.07, 6.45) is 0.779. The zero-order valence-corrected chi connectivity index (χ0v) is 13.0. The summed E-state index contributed by atoms with van der Waals surface area (Å²) in [6, 6.07) is 8.11. The second kappa shape index (κ2) is 7.31. The summed E-state index contributed by atoms with van der Waals surface area (Å²) in [6.45, 7) is 5.90. The van der Waals surface area contributed by atoms with E-state index in [1.54, 1.807) is 7.11 Å². The average Bonchev–Trinajstić information content (AvgIpc) is 2.47. The molecule has 0 saturated carbocycles. The summed E-state index contributed by atoms with van der Waals surface area (Å²) >= 11 is 0. The quantitative estimate of drug-likeness (QED) is 0.924. The molecule has 116 valence electrons. The molecule has 1 heterocycles. The monoisotopic (exact) mass is 292 g/mol. The number of carbonyl (C=O) groups excluding carboxylic acids is 1. The number of ether oxygens (including phenoxy) is 2. The third kappa shape index (κ3) is 4.36. The number of amides is 2. The maximum Gasteiger partial charge on any atom is 0.318 e. The van der Waals surface area contributed by atoms with E-state index in [9.17, 15) is 4.79 Å². The van der Waals surface area contributed by atoms with Gasteiger partial charge in [0.1, 0.15) is 5.75 Å². The predicted molar refractivity (Wildman–Crippen MR) is 81.7 cm³/mol. The SMILES string of the molecule is COc1cccc(C[C@@H](C)NC(=O)N2CCOC[C@@H]2C)c1. The molecule has 1 aromatic carbocycles. The number of nitrogens with one attached hydrogen (secondary N) is 1. The fourth-order valence-corrected chi connectivity index (χ4v) is 2.53. The Balaban J connectivity index is 1.88. The van der Waals surface area contributed by atoms with Crippen LogP contribution in [0.25, 0.3) is 0 Å². The highest BCUT2D eigenvalue weighted by molar-refractivity contribution is 5.75. The van der Waals surface area contributed by atoms with Gasteiger partial charge in [-0.15, -0.1) is 0 Å². The van der Waals surface area contributed by atoms with Crippen LogP contribution in [0.3, 0.4) is 0 Å². The fraction of sp³-hybridized carbons (Fsp3) is 0.562. The number of methoxy groups -OCH3 is 1. The van der Waals surface area contributed by atoms with Gasteiger partial charge in [-0.2, -0.15) is 0 Å². The molecule has 1 aromatic rings. The minimum absolute atomic E-state index is 0.0128. The lowest BCUT2D eigenvalue weighted by Gasteiger charge is -2.34. The number of hydrogen-bond acceptors (Lipinski definition) is 3. The van der Waals surface area contributed by atoms with Crippen LogP contribution in [-0.2, 0) is 11.2 Å². The first kappa shape index (κ1) is 15.6. The third-order valence-corrected chi connectivity index (χ3v) is 3.67. The molecule has 5 heteroatoms. The van der Waals surface area contributed by atoms with E-state index in [0.29, 0.717) is 19.8 Å². The molecule has 21 heavy (non-hydrogen) atoms. The van der Waals surface area contributed by atoms with Gasteiger partial charge < -0.3 is 19.7 Å². The van der Waals surface area contributed by atoms with Crippen molar-refractivity contribution < 1.29 is 14.3 Å². The van der Waals surface area contributed by atoms with E-state index in [0.717, 1.165) is 17.7 Å². The van der Waals surface area contributed by atoms with Crippen LogP contribution in [0.2, 0.25) is 0 Å². The predicted octanol–water partition coefficient (Wildman–Crippen LogP) is 2.06. The molecule has 1 fully saturated rings. The van der Waals surface area contributed by atoms with E-state index >= 15 is 0 Å². The minimum atomic E-state index is -0.0128. The second-order valence-electron chi connectivity index (χ2n) is 5.52. The molecule has 0 radical (unpaired) electrons. The fourth-order valence-electron chi connectivity index (χ4n) is 2.53. The highest BCUT2D eigenvalue weighted by Crippen LogP contribution is 2.14. The van der Waals surface area contributed by atoms with Crippen LogP contribution in [0.4, 0.5) is 4.79 Å². The van der Waals surface area contributed by atoms with Crippen molar-refractivity contribution in [3.63, 3.8) is 0 Å². The summed E-state index contributed by atoms with van der Waals surface area (Å²) in [5, 5.41) is 3.06. The molecular formula is C16H24N2O3. The van der Waals surface area contributed by atoms with Crippen LogP contribution in [0.15, 0.2) is 24.3 Å². The molecule has 0 bridgehead atoms. The molecule has 1 aliphatic heterocycles. The molecule has 1 aliphatic rings. The standard InChI is InChI=1S/C16H24N2O3/c1-12(9-14-5-4-6-15(10-14)20-3)17-16(19)18-7-8-21-11-13(18)2/h4-6,10,12-13H,7-9,11H2,1-3H3,(H,17,19)/t12-,13+/m1/s1. The molecular weight excluding hydrogens is 268 g/mol. The van der Waals surface area contributed by atoms with Crippen LogP contribution >= 0.6 is 0 Å². The van der Waals surface area contributed by atoms with Gasteiger partial charge in [0, 0.05) is 12.6 Å². The van der Waals surface area contributed by atoms with Crippen LogP contribution in [-0.4, -0.2) is 49.9 Å². The lowest BCUT2D eigenvalue weighted by molar-refractivity contribution is 0.0185. The number of carbonyl (C=O) groups is 1. The topological polar surface area (TPSA) is 50.8 Å². The Kier molecular flexibility index (Phi) is 5.44. The van der Waals surface area contributed by atoms with Crippen molar-refractivity contribution in [3.8, 4) is 5.75 Å². The summed E-state index contributed by atoms with van der Waals surface area (Å²) in [5.41, 5.74) is 1.15. The lowest BCUT2D eigenvalue weighted by Crippen LogP contribution is -2.53. The summed E-state index contributed by atoms with van der Waals surface area (Å²) in [5.74, 6) is 0.841. The van der Waals surface area contributed by atoms with Crippen molar-refractivity contribution in [2.45, 2.75) is 32.4 Å². The molecule has 0 spiro atoms. The molecule has 0 aromatic heterocycles.